The zero-order valence-electron chi connectivity index (χ0n) is 13.2. The van der Waals surface area contributed by atoms with E-state index < -0.39 is 5.97 Å². The lowest BCUT2D eigenvalue weighted by Gasteiger charge is -2.41. The van der Waals surface area contributed by atoms with Crippen molar-refractivity contribution in [1.29, 1.82) is 0 Å². The second-order valence-electron chi connectivity index (χ2n) is 6.65. The summed E-state index contributed by atoms with van der Waals surface area (Å²) in [6.07, 6.45) is 3.93. The van der Waals surface area contributed by atoms with E-state index in [4.69, 9.17) is 0 Å². The smallest absolute Gasteiger partial charge is 0.306 e. The van der Waals surface area contributed by atoms with Gasteiger partial charge >= 0.3 is 5.97 Å². The molecule has 3 rings (SSSR count). The highest BCUT2D eigenvalue weighted by atomic mass is 16.4. The average molecular weight is 302 g/mol. The third-order valence-electron chi connectivity index (χ3n) is 5.17. The van der Waals surface area contributed by atoms with Gasteiger partial charge in [-0.3, -0.25) is 14.6 Å². The Morgan fingerprint density at radius 2 is 1.82 bits per heavy atom. The molecule has 120 valence electrons. The Balaban J connectivity index is 1.48. The molecule has 2 fully saturated rings. The van der Waals surface area contributed by atoms with Gasteiger partial charge < -0.3 is 5.11 Å². The molecule has 1 N–H and O–H groups in total. The molecule has 1 saturated carbocycles. The average Bonchev–Trinajstić information content (AvgIpc) is 2.56. The Bertz CT molecular complexity index is 483. The Labute approximate surface area is 132 Å². The third-order valence-corrected chi connectivity index (χ3v) is 5.17. The van der Waals surface area contributed by atoms with Crippen LogP contribution in [0.4, 0.5) is 0 Å². The minimum atomic E-state index is -0.604. The molecule has 0 spiro atoms. The van der Waals surface area contributed by atoms with E-state index in [0.717, 1.165) is 52.0 Å². The molecule has 22 heavy (non-hydrogen) atoms. The van der Waals surface area contributed by atoms with Crippen molar-refractivity contribution >= 4 is 5.97 Å². The lowest BCUT2D eigenvalue weighted by atomic mass is 9.85. The van der Waals surface area contributed by atoms with E-state index in [9.17, 15) is 9.90 Å². The summed E-state index contributed by atoms with van der Waals surface area (Å²) >= 11 is 0. The zero-order valence-corrected chi connectivity index (χ0v) is 13.2. The number of aliphatic carboxylic acids is 1. The highest BCUT2D eigenvalue weighted by molar-refractivity contribution is 5.70. The number of hydrogen-bond donors (Lipinski definition) is 1. The SMILES string of the molecule is O=C(O)[C@@H]1CCC[C@H](N2CCN(Cc3ccccc3)CC2)C1. The normalized spacial score (nSPS) is 27.6. The van der Waals surface area contributed by atoms with E-state index >= 15 is 0 Å². The highest BCUT2D eigenvalue weighted by Crippen LogP contribution is 2.28. The molecule has 1 heterocycles. The molecule has 4 heteroatoms. The molecule has 4 nitrogen and oxygen atoms in total. The quantitative estimate of drug-likeness (QED) is 0.928. The fraction of sp³-hybridized carbons (Fsp3) is 0.611. The first-order valence-electron chi connectivity index (χ1n) is 8.45. The Hall–Kier alpha value is -1.39. The zero-order chi connectivity index (χ0) is 15.4. The minimum absolute atomic E-state index is 0.124. The topological polar surface area (TPSA) is 43.8 Å². The Morgan fingerprint density at radius 1 is 1.09 bits per heavy atom. The van der Waals surface area contributed by atoms with Crippen LogP contribution < -0.4 is 0 Å². The Kier molecular flexibility index (Phi) is 5.11. The number of rotatable bonds is 4. The number of benzene rings is 1. The molecule has 0 aromatic heterocycles. The summed E-state index contributed by atoms with van der Waals surface area (Å²) in [5.41, 5.74) is 1.37. The molecule has 0 amide bonds. The standard InChI is InChI=1S/C18H26N2O2/c21-18(22)16-7-4-8-17(13-16)20-11-9-19(10-12-20)14-15-5-2-1-3-6-15/h1-3,5-6,16-17H,4,7-14H2,(H,21,22)/t16-,17+/m1/s1. The van der Waals surface area contributed by atoms with E-state index in [1.165, 1.54) is 12.0 Å². The molecule has 0 bridgehead atoms. The van der Waals surface area contributed by atoms with Crippen molar-refractivity contribution < 1.29 is 9.90 Å². The highest BCUT2D eigenvalue weighted by Gasteiger charge is 2.31. The molecule has 1 aromatic carbocycles. The van der Waals surface area contributed by atoms with Crippen molar-refractivity contribution in [3.8, 4) is 0 Å². The van der Waals surface area contributed by atoms with Gasteiger partial charge in [0.15, 0.2) is 0 Å². The number of piperazine rings is 1. The molecule has 1 aromatic rings. The molecule has 1 aliphatic carbocycles. The first-order valence-corrected chi connectivity index (χ1v) is 8.45. The molecule has 0 unspecified atom stereocenters. The van der Waals surface area contributed by atoms with Gasteiger partial charge in [-0.2, -0.15) is 0 Å². The lowest BCUT2D eigenvalue weighted by molar-refractivity contribution is -0.143. The summed E-state index contributed by atoms with van der Waals surface area (Å²) in [5, 5.41) is 9.23. The van der Waals surface area contributed by atoms with Crippen molar-refractivity contribution in [2.75, 3.05) is 26.2 Å². The second kappa shape index (κ2) is 7.25. The van der Waals surface area contributed by atoms with Crippen LogP contribution in [0.25, 0.3) is 0 Å². The second-order valence-corrected chi connectivity index (χ2v) is 6.65. The number of carboxylic acid groups (broad SMARTS) is 1. The monoisotopic (exact) mass is 302 g/mol. The van der Waals surface area contributed by atoms with Crippen LogP contribution in [0, 0.1) is 5.92 Å². The van der Waals surface area contributed by atoms with Gasteiger partial charge in [-0.15, -0.1) is 0 Å². The van der Waals surface area contributed by atoms with E-state index in [2.05, 4.69) is 40.1 Å². The minimum Gasteiger partial charge on any atom is -0.481 e. The number of nitrogens with zero attached hydrogens (tertiary/aromatic N) is 2. The summed E-state index contributed by atoms with van der Waals surface area (Å²) in [6, 6.07) is 11.1. The first-order chi connectivity index (χ1) is 10.7. The third kappa shape index (κ3) is 3.87. The first kappa shape index (κ1) is 15.5. The van der Waals surface area contributed by atoms with Gasteiger partial charge in [0.2, 0.25) is 0 Å². The summed E-state index contributed by atoms with van der Waals surface area (Å²) < 4.78 is 0. The fourth-order valence-electron chi connectivity index (χ4n) is 3.85. The van der Waals surface area contributed by atoms with Gasteiger partial charge in [0, 0.05) is 38.8 Å². The van der Waals surface area contributed by atoms with Crippen LogP contribution >= 0.6 is 0 Å². The van der Waals surface area contributed by atoms with Crippen molar-refractivity contribution in [2.24, 2.45) is 5.92 Å². The predicted octanol–water partition coefficient (Wildman–Crippen LogP) is 2.45. The van der Waals surface area contributed by atoms with Gasteiger partial charge in [0.05, 0.1) is 5.92 Å². The van der Waals surface area contributed by atoms with Crippen LogP contribution in [0.2, 0.25) is 0 Å². The van der Waals surface area contributed by atoms with Crippen molar-refractivity contribution in [3.63, 3.8) is 0 Å². The molecular formula is C18H26N2O2. The maximum atomic E-state index is 11.2. The van der Waals surface area contributed by atoms with Crippen LogP contribution in [0.15, 0.2) is 30.3 Å². The van der Waals surface area contributed by atoms with Crippen LogP contribution in [-0.2, 0) is 11.3 Å². The number of carboxylic acids is 1. The molecule has 2 aliphatic rings. The maximum absolute atomic E-state index is 11.2. The lowest BCUT2D eigenvalue weighted by Crippen LogP contribution is -2.51. The van der Waals surface area contributed by atoms with Gasteiger partial charge in [0.25, 0.3) is 0 Å². The number of carbonyl (C=O) groups is 1. The molecule has 2 atom stereocenters. The summed E-state index contributed by atoms with van der Waals surface area (Å²) in [5.74, 6) is -0.728. The fourth-order valence-corrected chi connectivity index (χ4v) is 3.85. The number of hydrogen-bond acceptors (Lipinski definition) is 3. The van der Waals surface area contributed by atoms with Gasteiger partial charge in [0.1, 0.15) is 0 Å². The summed E-state index contributed by atoms with van der Waals surface area (Å²) in [7, 11) is 0. The van der Waals surface area contributed by atoms with E-state index in [1.54, 1.807) is 0 Å². The predicted molar refractivity (Wildman–Crippen MR) is 86.7 cm³/mol. The van der Waals surface area contributed by atoms with Crippen molar-refractivity contribution in [3.05, 3.63) is 35.9 Å². The van der Waals surface area contributed by atoms with Gasteiger partial charge in [-0.1, -0.05) is 36.8 Å². The molecular weight excluding hydrogens is 276 g/mol. The summed E-state index contributed by atoms with van der Waals surface area (Å²) in [6.45, 7) is 5.34. The van der Waals surface area contributed by atoms with Crippen molar-refractivity contribution in [2.45, 2.75) is 38.3 Å². The molecule has 1 saturated heterocycles. The van der Waals surface area contributed by atoms with Crippen LogP contribution in [0.5, 0.6) is 0 Å². The van der Waals surface area contributed by atoms with E-state index in [0.29, 0.717) is 6.04 Å². The maximum Gasteiger partial charge on any atom is 0.306 e. The van der Waals surface area contributed by atoms with Crippen LogP contribution in [-0.4, -0.2) is 53.1 Å². The van der Waals surface area contributed by atoms with Crippen LogP contribution in [0.3, 0.4) is 0 Å². The summed E-state index contributed by atoms with van der Waals surface area (Å²) in [4.78, 5) is 16.2. The molecule has 0 radical (unpaired) electrons. The Morgan fingerprint density at radius 3 is 2.50 bits per heavy atom. The van der Waals surface area contributed by atoms with Crippen LogP contribution in [0.1, 0.15) is 31.2 Å². The van der Waals surface area contributed by atoms with Gasteiger partial charge in [-0.05, 0) is 24.8 Å². The van der Waals surface area contributed by atoms with E-state index in [-0.39, 0.29) is 5.92 Å². The van der Waals surface area contributed by atoms with Gasteiger partial charge in [-0.25, -0.2) is 0 Å². The van der Waals surface area contributed by atoms with E-state index in [1.807, 2.05) is 0 Å². The largest absolute Gasteiger partial charge is 0.481 e. The van der Waals surface area contributed by atoms with Crippen molar-refractivity contribution in [1.82, 2.24) is 9.80 Å². The molecule has 1 aliphatic heterocycles.